The fourth-order valence-electron chi connectivity index (χ4n) is 1.81. The Morgan fingerprint density at radius 3 is 2.80 bits per heavy atom. The molecule has 0 aliphatic carbocycles. The molecule has 0 bridgehead atoms. The van der Waals surface area contributed by atoms with E-state index >= 15 is 0 Å². The molecule has 1 aromatic rings. The Kier molecular flexibility index (Phi) is 4.04. The van der Waals surface area contributed by atoms with Crippen LogP contribution in [0.5, 0.6) is 5.75 Å². The van der Waals surface area contributed by atoms with Gasteiger partial charge in [-0.3, -0.25) is 4.79 Å². The smallest absolute Gasteiger partial charge is 0.408 e. The topological polar surface area (TPSA) is 64.6 Å². The van der Waals surface area contributed by atoms with Crippen molar-refractivity contribution in [2.24, 2.45) is 0 Å². The van der Waals surface area contributed by atoms with E-state index in [4.69, 9.17) is 9.47 Å². The maximum atomic E-state index is 12.3. The molecule has 20 heavy (non-hydrogen) atoms. The zero-order chi connectivity index (χ0) is 14.9. The molecule has 1 unspecified atom stereocenters. The number of carbonyl (C=O) groups is 2. The molecule has 0 aromatic heterocycles. The lowest BCUT2D eigenvalue weighted by Crippen LogP contribution is -2.48. The summed E-state index contributed by atoms with van der Waals surface area (Å²) >= 11 is 3.31. The van der Waals surface area contributed by atoms with Crippen molar-refractivity contribution in [2.75, 3.05) is 6.61 Å². The van der Waals surface area contributed by atoms with E-state index in [1.807, 2.05) is 0 Å². The van der Waals surface area contributed by atoms with E-state index in [1.165, 1.54) is 0 Å². The molecule has 0 saturated carbocycles. The predicted octanol–water partition coefficient (Wildman–Crippen LogP) is 2.92. The van der Waals surface area contributed by atoms with Gasteiger partial charge in [-0.25, -0.2) is 4.79 Å². The Balaban J connectivity index is 2.09. The lowest BCUT2D eigenvalue weighted by atomic mass is 10.0. The molecule has 0 saturated heterocycles. The molecule has 108 valence electrons. The third-order valence-corrected chi connectivity index (χ3v) is 3.11. The molecule has 1 atom stereocenters. The van der Waals surface area contributed by atoms with Crippen molar-refractivity contribution < 1.29 is 19.1 Å². The molecule has 0 radical (unpaired) electrons. The molecule has 1 aliphatic rings. The zero-order valence-electron chi connectivity index (χ0n) is 11.5. The number of Topliss-reactive ketones (excluding diaryl/α,β-unsaturated/α-hetero) is 1. The van der Waals surface area contributed by atoms with Crippen LogP contribution in [0, 0.1) is 0 Å². The quantitative estimate of drug-likeness (QED) is 0.852. The molecule has 2 rings (SSSR count). The minimum absolute atomic E-state index is 0.104. The van der Waals surface area contributed by atoms with Gasteiger partial charge in [0.2, 0.25) is 0 Å². The Morgan fingerprint density at radius 2 is 2.15 bits per heavy atom. The van der Waals surface area contributed by atoms with E-state index in [1.54, 1.807) is 39.0 Å². The van der Waals surface area contributed by atoms with Gasteiger partial charge in [-0.05, 0) is 39.0 Å². The SMILES string of the molecule is CC(C)(C)OC(=O)NC1COc2ccc(Br)cc2C1=O. The van der Waals surface area contributed by atoms with E-state index < -0.39 is 17.7 Å². The number of ketones is 1. The third kappa shape index (κ3) is 3.50. The summed E-state index contributed by atoms with van der Waals surface area (Å²) in [5.41, 5.74) is -0.157. The predicted molar refractivity (Wildman–Crippen MR) is 77.1 cm³/mol. The van der Waals surface area contributed by atoms with Crippen LogP contribution in [0.25, 0.3) is 0 Å². The highest BCUT2D eigenvalue weighted by Crippen LogP contribution is 2.27. The molecule has 5 nitrogen and oxygen atoms in total. The molecule has 6 heteroatoms. The molecular weight excluding hydrogens is 326 g/mol. The molecular formula is C14H16BrNO4. The first-order chi connectivity index (χ1) is 9.26. The van der Waals surface area contributed by atoms with Gasteiger partial charge in [-0.2, -0.15) is 0 Å². The molecule has 1 aliphatic heterocycles. The van der Waals surface area contributed by atoms with Crippen molar-refractivity contribution in [1.29, 1.82) is 0 Å². The van der Waals surface area contributed by atoms with Crippen LogP contribution in [-0.4, -0.2) is 30.1 Å². The summed E-state index contributed by atoms with van der Waals surface area (Å²) in [6.07, 6.45) is -0.627. The number of nitrogens with one attached hydrogen (secondary N) is 1. The summed E-state index contributed by atoms with van der Waals surface area (Å²) in [4.78, 5) is 24.0. The van der Waals surface area contributed by atoms with Gasteiger partial charge in [0.15, 0.2) is 5.78 Å². The molecule has 0 spiro atoms. The highest BCUT2D eigenvalue weighted by Gasteiger charge is 2.31. The van der Waals surface area contributed by atoms with Crippen LogP contribution in [0.15, 0.2) is 22.7 Å². The number of hydrogen-bond donors (Lipinski definition) is 1. The normalized spacial score (nSPS) is 18.0. The first kappa shape index (κ1) is 14.8. The number of hydrogen-bond acceptors (Lipinski definition) is 4. The van der Waals surface area contributed by atoms with Crippen LogP contribution >= 0.6 is 15.9 Å². The minimum atomic E-state index is -0.730. The lowest BCUT2D eigenvalue weighted by Gasteiger charge is -2.26. The fourth-order valence-corrected chi connectivity index (χ4v) is 2.18. The maximum absolute atomic E-state index is 12.3. The van der Waals surface area contributed by atoms with Gasteiger partial charge in [-0.15, -0.1) is 0 Å². The Labute approximate surface area is 125 Å². The van der Waals surface area contributed by atoms with Gasteiger partial charge in [0.1, 0.15) is 24.0 Å². The minimum Gasteiger partial charge on any atom is -0.490 e. The summed E-state index contributed by atoms with van der Waals surface area (Å²) in [5, 5.41) is 2.53. The molecule has 1 N–H and O–H groups in total. The second-order valence-corrected chi connectivity index (χ2v) is 6.43. The largest absolute Gasteiger partial charge is 0.490 e. The number of amides is 1. The van der Waals surface area contributed by atoms with Crippen LogP contribution in [-0.2, 0) is 4.74 Å². The lowest BCUT2D eigenvalue weighted by molar-refractivity contribution is 0.0464. The Morgan fingerprint density at radius 1 is 1.45 bits per heavy atom. The summed E-state index contributed by atoms with van der Waals surface area (Å²) in [5.74, 6) is 0.346. The van der Waals surface area contributed by atoms with Gasteiger partial charge < -0.3 is 14.8 Å². The zero-order valence-corrected chi connectivity index (χ0v) is 13.1. The van der Waals surface area contributed by atoms with Crippen molar-refractivity contribution in [3.63, 3.8) is 0 Å². The van der Waals surface area contributed by atoms with Gasteiger partial charge in [0.05, 0.1) is 5.56 Å². The highest BCUT2D eigenvalue weighted by atomic mass is 79.9. The first-order valence-corrected chi connectivity index (χ1v) is 7.01. The van der Waals surface area contributed by atoms with Gasteiger partial charge in [-0.1, -0.05) is 15.9 Å². The van der Waals surface area contributed by atoms with Crippen molar-refractivity contribution in [3.8, 4) is 5.75 Å². The van der Waals surface area contributed by atoms with Gasteiger partial charge in [0, 0.05) is 4.47 Å². The van der Waals surface area contributed by atoms with Crippen molar-refractivity contribution >= 4 is 27.8 Å². The Hall–Kier alpha value is -1.56. The summed E-state index contributed by atoms with van der Waals surface area (Å²) in [6, 6.07) is 4.47. The van der Waals surface area contributed by atoms with Crippen molar-refractivity contribution in [1.82, 2.24) is 5.32 Å². The van der Waals surface area contributed by atoms with E-state index in [0.717, 1.165) is 4.47 Å². The van der Waals surface area contributed by atoms with E-state index in [2.05, 4.69) is 21.2 Å². The van der Waals surface area contributed by atoms with E-state index in [0.29, 0.717) is 11.3 Å². The summed E-state index contributed by atoms with van der Waals surface area (Å²) < 4.78 is 11.4. The van der Waals surface area contributed by atoms with Crippen molar-refractivity contribution in [3.05, 3.63) is 28.2 Å². The van der Waals surface area contributed by atoms with Crippen LogP contribution in [0.4, 0.5) is 4.79 Å². The molecule has 1 amide bonds. The van der Waals surface area contributed by atoms with Gasteiger partial charge in [0.25, 0.3) is 0 Å². The molecule has 1 heterocycles. The summed E-state index contributed by atoms with van der Waals surface area (Å²) in [7, 11) is 0. The van der Waals surface area contributed by atoms with Crippen LogP contribution in [0.3, 0.4) is 0 Å². The number of benzene rings is 1. The highest BCUT2D eigenvalue weighted by molar-refractivity contribution is 9.10. The monoisotopic (exact) mass is 341 g/mol. The number of halogens is 1. The van der Waals surface area contributed by atoms with Crippen LogP contribution in [0.1, 0.15) is 31.1 Å². The van der Waals surface area contributed by atoms with E-state index in [9.17, 15) is 9.59 Å². The Bertz CT molecular complexity index is 551. The van der Waals surface area contributed by atoms with Crippen molar-refractivity contribution in [2.45, 2.75) is 32.4 Å². The molecule has 1 aromatic carbocycles. The van der Waals surface area contributed by atoms with Crippen LogP contribution in [0.2, 0.25) is 0 Å². The second kappa shape index (κ2) is 5.44. The third-order valence-electron chi connectivity index (χ3n) is 2.62. The average molecular weight is 342 g/mol. The number of rotatable bonds is 1. The standard InChI is InChI=1S/C14H16BrNO4/c1-14(2,3)20-13(18)16-10-7-19-11-5-4-8(15)6-9(11)12(10)17/h4-6,10H,7H2,1-3H3,(H,16,18). The molecule has 0 fully saturated rings. The first-order valence-electron chi connectivity index (χ1n) is 6.22. The van der Waals surface area contributed by atoms with Gasteiger partial charge >= 0.3 is 6.09 Å². The van der Waals surface area contributed by atoms with E-state index in [-0.39, 0.29) is 12.4 Å². The van der Waals surface area contributed by atoms with Crippen LogP contribution < -0.4 is 10.1 Å². The maximum Gasteiger partial charge on any atom is 0.408 e. The number of ether oxygens (including phenoxy) is 2. The summed E-state index contributed by atoms with van der Waals surface area (Å²) in [6.45, 7) is 5.39. The average Bonchev–Trinajstić information content (AvgIpc) is 2.31. The second-order valence-electron chi connectivity index (χ2n) is 5.51. The fraction of sp³-hybridized carbons (Fsp3) is 0.429. The number of carbonyl (C=O) groups excluding carboxylic acids is 2. The number of fused-ring (bicyclic) bond motifs is 1. The number of alkyl carbamates (subject to hydrolysis) is 1.